The molecular weight excluding hydrogens is 304 g/mol. The lowest BCUT2D eigenvalue weighted by Gasteiger charge is -2.32. The van der Waals surface area contributed by atoms with Gasteiger partial charge in [-0.15, -0.1) is 11.8 Å². The van der Waals surface area contributed by atoms with E-state index in [1.165, 1.54) is 30.4 Å². The highest BCUT2D eigenvalue weighted by Crippen LogP contribution is 2.45. The van der Waals surface area contributed by atoms with Crippen LogP contribution in [0.1, 0.15) is 62.6 Å². The van der Waals surface area contributed by atoms with Gasteiger partial charge < -0.3 is 10.5 Å². The van der Waals surface area contributed by atoms with Crippen molar-refractivity contribution < 1.29 is 4.74 Å². The Kier molecular flexibility index (Phi) is 4.59. The van der Waals surface area contributed by atoms with Crippen LogP contribution in [-0.2, 0) is 12.2 Å². The van der Waals surface area contributed by atoms with E-state index >= 15 is 0 Å². The van der Waals surface area contributed by atoms with Gasteiger partial charge in [0.2, 0.25) is 0 Å². The minimum atomic E-state index is -0.0401. The van der Waals surface area contributed by atoms with E-state index in [1.54, 1.807) is 11.8 Å². The molecule has 1 aliphatic carbocycles. The molecule has 1 heterocycles. The quantitative estimate of drug-likeness (QED) is 0.878. The lowest BCUT2D eigenvalue weighted by atomic mass is 9.82. The molecule has 0 amide bonds. The van der Waals surface area contributed by atoms with Gasteiger partial charge in [-0.2, -0.15) is 5.26 Å². The maximum absolute atomic E-state index is 9.51. The van der Waals surface area contributed by atoms with Gasteiger partial charge in [-0.1, -0.05) is 12.5 Å². The fourth-order valence-corrected chi connectivity index (χ4v) is 4.33. The Hall–Kier alpha value is -1.60. The highest BCUT2D eigenvalue weighted by molar-refractivity contribution is 8.02. The fraction of sp³-hybridized carbons (Fsp3) is 0.526. The summed E-state index contributed by atoms with van der Waals surface area (Å²) in [5.41, 5.74) is 9.73. The maximum atomic E-state index is 9.51. The largest absolute Gasteiger partial charge is 0.485 e. The number of fused-ring (bicyclic) bond motifs is 1. The molecular formula is C19H24N2OS. The van der Waals surface area contributed by atoms with Gasteiger partial charge in [0.15, 0.2) is 0 Å². The van der Waals surface area contributed by atoms with Crippen molar-refractivity contribution in [3.05, 3.63) is 39.4 Å². The number of hydrogen-bond donors (Lipinski definition) is 1. The summed E-state index contributed by atoms with van der Waals surface area (Å²) in [5.74, 6) is 1.68. The summed E-state index contributed by atoms with van der Waals surface area (Å²) in [6, 6.07) is 6.54. The zero-order valence-corrected chi connectivity index (χ0v) is 14.8. The first-order valence-corrected chi connectivity index (χ1v) is 9.32. The molecule has 0 atom stereocenters. The number of allylic oxidation sites excluding steroid dienone is 2. The topological polar surface area (TPSA) is 59.0 Å². The van der Waals surface area contributed by atoms with Gasteiger partial charge in [0.1, 0.15) is 17.4 Å². The molecule has 0 bridgehead atoms. The molecule has 122 valence electrons. The van der Waals surface area contributed by atoms with Crippen molar-refractivity contribution in [3.8, 4) is 11.8 Å². The summed E-state index contributed by atoms with van der Waals surface area (Å²) < 4.78 is 6.32. The number of benzene rings is 1. The predicted octanol–water partition coefficient (Wildman–Crippen LogP) is 4.64. The first-order chi connectivity index (χ1) is 11.0. The van der Waals surface area contributed by atoms with Gasteiger partial charge in [-0.05, 0) is 56.7 Å². The van der Waals surface area contributed by atoms with Crippen molar-refractivity contribution >= 4 is 11.8 Å². The zero-order chi connectivity index (χ0) is 16.4. The van der Waals surface area contributed by atoms with Crippen LogP contribution in [0, 0.1) is 11.3 Å². The lowest BCUT2D eigenvalue weighted by Crippen LogP contribution is -2.36. The van der Waals surface area contributed by atoms with E-state index in [4.69, 9.17) is 10.5 Å². The molecule has 1 saturated carbocycles. The van der Waals surface area contributed by atoms with Crippen LogP contribution in [0.15, 0.2) is 22.7 Å². The predicted molar refractivity (Wildman–Crippen MR) is 95.2 cm³/mol. The minimum Gasteiger partial charge on any atom is -0.485 e. The van der Waals surface area contributed by atoms with Gasteiger partial charge >= 0.3 is 0 Å². The van der Waals surface area contributed by atoms with E-state index < -0.39 is 0 Å². The van der Waals surface area contributed by atoms with Crippen LogP contribution in [0.3, 0.4) is 0 Å². The molecule has 3 rings (SSSR count). The number of nitrogens with two attached hydrogens (primary N) is 1. The summed E-state index contributed by atoms with van der Waals surface area (Å²) >= 11 is 1.73. The summed E-state index contributed by atoms with van der Waals surface area (Å²) in [4.78, 5) is 1.14. The SMILES string of the molecule is C/C(N)=C(\C)SCc1cc(C#N)c2c(c1)CC1(CCCCC1)O2. The van der Waals surface area contributed by atoms with Crippen molar-refractivity contribution in [2.45, 2.75) is 63.7 Å². The smallest absolute Gasteiger partial charge is 0.141 e. The monoisotopic (exact) mass is 328 g/mol. The standard InChI is InChI=1S/C19H24N2OS/c1-13(21)14(2)23-12-15-8-16-10-19(6-4-3-5-7-19)22-18(16)17(9-15)11-20/h8-9H,3-7,10,12,21H2,1-2H3/b14-13-. The van der Waals surface area contributed by atoms with E-state index in [2.05, 4.69) is 12.1 Å². The van der Waals surface area contributed by atoms with Gasteiger partial charge in [0, 0.05) is 22.8 Å². The first kappa shape index (κ1) is 16.3. The number of thioether (sulfide) groups is 1. The molecule has 0 saturated heterocycles. The third-order valence-corrected chi connectivity index (χ3v) is 6.19. The van der Waals surface area contributed by atoms with Gasteiger partial charge in [0.05, 0.1) is 5.56 Å². The summed E-state index contributed by atoms with van der Waals surface area (Å²) in [7, 11) is 0. The Morgan fingerprint density at radius 3 is 2.70 bits per heavy atom. The van der Waals surface area contributed by atoms with E-state index in [9.17, 15) is 5.26 Å². The second-order valence-corrected chi connectivity index (χ2v) is 7.98. The molecule has 1 aromatic rings. The summed E-state index contributed by atoms with van der Waals surface area (Å²) in [6.07, 6.45) is 6.96. The summed E-state index contributed by atoms with van der Waals surface area (Å²) in [5, 5.41) is 9.51. The van der Waals surface area contributed by atoms with Crippen LogP contribution >= 0.6 is 11.8 Å². The molecule has 2 aliphatic rings. The molecule has 23 heavy (non-hydrogen) atoms. The third kappa shape index (κ3) is 3.35. The van der Waals surface area contributed by atoms with Crippen molar-refractivity contribution in [2.75, 3.05) is 0 Å². The zero-order valence-electron chi connectivity index (χ0n) is 13.9. The van der Waals surface area contributed by atoms with E-state index in [-0.39, 0.29) is 5.60 Å². The Morgan fingerprint density at radius 1 is 1.30 bits per heavy atom. The Labute approximate surface area is 142 Å². The third-order valence-electron chi connectivity index (χ3n) is 4.95. The Balaban J connectivity index is 1.84. The molecule has 2 N–H and O–H groups in total. The molecule has 4 heteroatoms. The summed E-state index contributed by atoms with van der Waals surface area (Å²) in [6.45, 7) is 3.96. The van der Waals surface area contributed by atoms with Crippen LogP contribution in [0.25, 0.3) is 0 Å². The molecule has 3 nitrogen and oxygen atoms in total. The highest BCUT2D eigenvalue weighted by Gasteiger charge is 2.41. The first-order valence-electron chi connectivity index (χ1n) is 8.34. The number of nitrogens with zero attached hydrogens (tertiary/aromatic N) is 1. The number of ether oxygens (including phenoxy) is 1. The van der Waals surface area contributed by atoms with Crippen LogP contribution in [-0.4, -0.2) is 5.60 Å². The van der Waals surface area contributed by atoms with E-state index in [0.29, 0.717) is 5.56 Å². The van der Waals surface area contributed by atoms with Crippen LogP contribution < -0.4 is 10.5 Å². The van der Waals surface area contributed by atoms with Crippen molar-refractivity contribution in [1.82, 2.24) is 0 Å². The van der Waals surface area contributed by atoms with Crippen molar-refractivity contribution in [3.63, 3.8) is 0 Å². The number of hydrogen-bond acceptors (Lipinski definition) is 4. The van der Waals surface area contributed by atoms with E-state index in [0.717, 1.165) is 41.4 Å². The average Bonchev–Trinajstić information content (AvgIpc) is 2.89. The Bertz CT molecular complexity index is 677. The van der Waals surface area contributed by atoms with Crippen molar-refractivity contribution in [1.29, 1.82) is 5.26 Å². The molecule has 0 radical (unpaired) electrons. The van der Waals surface area contributed by atoms with Gasteiger partial charge in [-0.3, -0.25) is 0 Å². The second kappa shape index (κ2) is 6.49. The normalized spacial score (nSPS) is 19.7. The average molecular weight is 328 g/mol. The lowest BCUT2D eigenvalue weighted by molar-refractivity contribution is 0.0526. The van der Waals surface area contributed by atoms with Crippen LogP contribution in [0.5, 0.6) is 5.75 Å². The van der Waals surface area contributed by atoms with Gasteiger partial charge in [-0.25, -0.2) is 0 Å². The van der Waals surface area contributed by atoms with Gasteiger partial charge in [0.25, 0.3) is 0 Å². The fourth-order valence-electron chi connectivity index (χ4n) is 3.55. The Morgan fingerprint density at radius 2 is 2.04 bits per heavy atom. The number of rotatable bonds is 3. The number of nitriles is 1. The van der Waals surface area contributed by atoms with Crippen LogP contribution in [0.2, 0.25) is 0 Å². The second-order valence-electron chi connectivity index (χ2n) is 6.79. The maximum Gasteiger partial charge on any atom is 0.141 e. The molecule has 0 unspecified atom stereocenters. The van der Waals surface area contributed by atoms with Crippen LogP contribution in [0.4, 0.5) is 0 Å². The molecule has 1 fully saturated rings. The van der Waals surface area contributed by atoms with Crippen molar-refractivity contribution in [2.24, 2.45) is 5.73 Å². The molecule has 1 aliphatic heterocycles. The minimum absolute atomic E-state index is 0.0401. The van der Waals surface area contributed by atoms with E-state index in [1.807, 2.05) is 19.9 Å². The molecule has 1 spiro atoms. The molecule has 1 aromatic carbocycles. The highest BCUT2D eigenvalue weighted by atomic mass is 32.2. The molecule has 0 aromatic heterocycles.